The molecule has 100 valence electrons. The Labute approximate surface area is 98.9 Å². The molecule has 1 aromatic carbocycles. The Kier molecular flexibility index (Phi) is 3.53. The van der Waals surface area contributed by atoms with Gasteiger partial charge in [-0.25, -0.2) is 4.79 Å². The van der Waals surface area contributed by atoms with Crippen LogP contribution in [0.5, 0.6) is 0 Å². The molecule has 0 unspecified atom stereocenters. The van der Waals surface area contributed by atoms with Crippen LogP contribution in [0.3, 0.4) is 0 Å². The minimum absolute atomic E-state index is 0.284. The van der Waals surface area contributed by atoms with E-state index in [0.29, 0.717) is 12.1 Å². The zero-order chi connectivity index (χ0) is 14.1. The van der Waals surface area contributed by atoms with Crippen molar-refractivity contribution in [3.63, 3.8) is 0 Å². The van der Waals surface area contributed by atoms with Crippen LogP contribution in [0.1, 0.15) is 10.4 Å². The number of anilines is 1. The molecule has 3 N–H and O–H groups in total. The first-order valence-corrected chi connectivity index (χ1v) is 5.59. The Balaban J connectivity index is 3.27. The zero-order valence-corrected chi connectivity index (χ0v) is 9.25. The molecule has 0 aliphatic heterocycles. The highest BCUT2D eigenvalue weighted by Crippen LogP contribution is 2.26. The van der Waals surface area contributed by atoms with Crippen molar-refractivity contribution in [2.75, 3.05) is 5.73 Å². The Morgan fingerprint density at radius 1 is 1.33 bits per heavy atom. The average Bonchev–Trinajstić information content (AvgIpc) is 2.13. The van der Waals surface area contributed by atoms with Crippen LogP contribution in [0.4, 0.5) is 18.9 Å². The fraction of sp³-hybridized carbons (Fsp3) is 0.125. The number of nitrogen functional groups attached to an aromatic ring is 1. The zero-order valence-electron chi connectivity index (χ0n) is 8.43. The lowest BCUT2D eigenvalue weighted by Crippen LogP contribution is -2.20. The van der Waals surface area contributed by atoms with Gasteiger partial charge in [-0.1, -0.05) is 0 Å². The van der Waals surface area contributed by atoms with Crippen LogP contribution in [0.2, 0.25) is 0 Å². The second-order valence-corrected chi connectivity index (χ2v) is 4.58. The van der Waals surface area contributed by atoms with E-state index in [2.05, 4.69) is 4.18 Å². The summed E-state index contributed by atoms with van der Waals surface area (Å²) < 4.78 is 60.7. The molecule has 0 spiro atoms. The van der Waals surface area contributed by atoms with Crippen molar-refractivity contribution >= 4 is 21.8 Å². The van der Waals surface area contributed by atoms with Gasteiger partial charge >= 0.3 is 22.4 Å². The number of hydrogen-bond donors (Lipinski definition) is 2. The topological polar surface area (TPSA) is 107 Å². The van der Waals surface area contributed by atoms with Gasteiger partial charge in [0.25, 0.3) is 0 Å². The first kappa shape index (κ1) is 14.3. The van der Waals surface area contributed by atoms with Crippen molar-refractivity contribution in [1.82, 2.24) is 0 Å². The smallest absolute Gasteiger partial charge is 0.478 e. The van der Waals surface area contributed by atoms with Gasteiger partial charge in [0.05, 0.1) is 10.5 Å². The molecule has 1 aromatic rings. The van der Waals surface area contributed by atoms with Gasteiger partial charge in [-0.2, -0.15) is 12.6 Å². The van der Waals surface area contributed by atoms with Crippen LogP contribution in [-0.4, -0.2) is 25.9 Å². The molecule has 0 aromatic heterocycles. The molecule has 0 saturated carbocycles. The number of aromatic carboxylic acids is 1. The van der Waals surface area contributed by atoms with Crippen molar-refractivity contribution in [2.24, 2.45) is 0 Å². The molecule has 6 nitrogen and oxygen atoms in total. The fourth-order valence-corrected chi connectivity index (χ4v) is 1.89. The highest BCUT2D eigenvalue weighted by atomic mass is 32.2. The number of alkyl halides is 3. The predicted octanol–water partition coefficient (Wildman–Crippen LogP) is 1.19. The number of carbonyl (C=O) groups is 1. The number of hydrogen-bond acceptors (Lipinski definition) is 5. The monoisotopic (exact) mass is 285 g/mol. The third-order valence-corrected chi connectivity index (χ3v) is 2.99. The van der Waals surface area contributed by atoms with Gasteiger partial charge in [0.2, 0.25) is 0 Å². The lowest BCUT2D eigenvalue weighted by molar-refractivity contribution is -0.271. The quantitative estimate of drug-likeness (QED) is 0.638. The minimum atomic E-state index is -5.40. The summed E-state index contributed by atoms with van der Waals surface area (Å²) in [6.45, 7) is 0. The van der Waals surface area contributed by atoms with Crippen LogP contribution >= 0.6 is 0 Å². The molecule has 0 aliphatic rings. The van der Waals surface area contributed by atoms with Gasteiger partial charge in [-0.15, -0.1) is 13.2 Å². The van der Waals surface area contributed by atoms with Crippen LogP contribution in [0.25, 0.3) is 0 Å². The van der Waals surface area contributed by atoms with Crippen LogP contribution in [0, 0.1) is 0 Å². The predicted molar refractivity (Wildman–Crippen MR) is 52.1 cm³/mol. The van der Waals surface area contributed by atoms with E-state index in [1.165, 1.54) is 0 Å². The van der Waals surface area contributed by atoms with E-state index in [4.69, 9.17) is 10.8 Å². The number of nitrogens with two attached hydrogens (primary N) is 1. The minimum Gasteiger partial charge on any atom is -0.478 e. The van der Waals surface area contributed by atoms with Crippen LogP contribution < -0.4 is 5.73 Å². The molecule has 0 atom stereocenters. The number of halogens is 3. The Morgan fingerprint density at radius 3 is 2.33 bits per heavy atom. The molecule has 0 fully saturated rings. The highest BCUT2D eigenvalue weighted by Gasteiger charge is 2.38. The largest absolute Gasteiger partial charge is 0.537 e. The van der Waals surface area contributed by atoms with E-state index in [-0.39, 0.29) is 5.69 Å². The van der Waals surface area contributed by atoms with Gasteiger partial charge in [-0.3, -0.25) is 0 Å². The van der Waals surface area contributed by atoms with Crippen LogP contribution in [-0.2, 0) is 14.3 Å². The van der Waals surface area contributed by atoms with Gasteiger partial charge in [0.15, 0.2) is 0 Å². The van der Waals surface area contributed by atoms with Gasteiger partial charge < -0.3 is 10.8 Å². The maximum absolute atomic E-state index is 11.8. The summed E-state index contributed by atoms with van der Waals surface area (Å²) in [5.74, 6) is -1.57. The lowest BCUT2D eigenvalue weighted by atomic mass is 10.2. The Hall–Kier alpha value is -1.81. The summed E-state index contributed by atoms with van der Waals surface area (Å²) in [7, 11) is -5.13. The van der Waals surface area contributed by atoms with E-state index in [9.17, 15) is 26.4 Å². The maximum Gasteiger partial charge on any atom is 0.537 e. The van der Waals surface area contributed by atoms with Crippen molar-refractivity contribution < 1.29 is 35.7 Å². The fourth-order valence-electron chi connectivity index (χ4n) is 1.05. The molecule has 0 amide bonds. The number of carboxylic acids is 1. The molecular weight excluding hydrogens is 279 g/mol. The normalized spacial score (nSPS) is 12.4. The summed E-state index contributed by atoms with van der Waals surface area (Å²) in [5, 5.41) is 8.65. The van der Waals surface area contributed by atoms with Crippen molar-refractivity contribution in [1.29, 1.82) is 0 Å². The van der Waals surface area contributed by atoms with Gasteiger partial charge in [0.1, 0.15) is 0 Å². The molecule has 18 heavy (non-hydrogen) atoms. The molecule has 10 heteroatoms. The SMILES string of the molecule is Nc1ccc(S(=O)(=O)OC(F)(F)F)cc1C(=O)O. The Bertz CT molecular complexity index is 581. The lowest BCUT2D eigenvalue weighted by Gasteiger charge is -2.09. The van der Waals surface area contributed by atoms with Gasteiger partial charge in [0, 0.05) is 5.69 Å². The summed E-state index contributed by atoms with van der Waals surface area (Å²) in [5.41, 5.74) is 4.30. The second kappa shape index (κ2) is 4.46. The Morgan fingerprint density at radius 2 is 1.89 bits per heavy atom. The summed E-state index contributed by atoms with van der Waals surface area (Å²) in [6.07, 6.45) is -5.40. The summed E-state index contributed by atoms with van der Waals surface area (Å²) >= 11 is 0. The molecular formula is C8H6F3NO5S. The molecule has 0 saturated heterocycles. The van der Waals surface area contributed by atoms with Crippen molar-refractivity contribution in [3.05, 3.63) is 23.8 Å². The highest BCUT2D eigenvalue weighted by molar-refractivity contribution is 7.86. The third-order valence-electron chi connectivity index (χ3n) is 1.75. The maximum atomic E-state index is 11.8. The average molecular weight is 285 g/mol. The first-order chi connectivity index (χ1) is 8.03. The van der Waals surface area contributed by atoms with E-state index in [1.807, 2.05) is 0 Å². The van der Waals surface area contributed by atoms with Gasteiger partial charge in [-0.05, 0) is 18.2 Å². The molecule has 0 aliphatic carbocycles. The molecule has 0 heterocycles. The number of rotatable bonds is 3. The van der Waals surface area contributed by atoms with E-state index in [1.54, 1.807) is 0 Å². The van der Waals surface area contributed by atoms with Crippen LogP contribution in [0.15, 0.2) is 23.1 Å². The molecule has 0 radical (unpaired) electrons. The number of carboxylic acid groups (broad SMARTS) is 1. The summed E-state index contributed by atoms with van der Waals surface area (Å²) in [6, 6.07) is 2.05. The number of benzene rings is 1. The standard InChI is InChI=1S/C8H6F3NO5S/c9-8(10,11)17-18(15,16)4-1-2-6(12)5(3-4)7(13)14/h1-3H,12H2,(H,13,14). The molecule has 1 rings (SSSR count). The molecule has 0 bridgehead atoms. The first-order valence-electron chi connectivity index (χ1n) is 4.18. The van der Waals surface area contributed by atoms with E-state index in [0.717, 1.165) is 6.07 Å². The van der Waals surface area contributed by atoms with E-state index >= 15 is 0 Å². The van der Waals surface area contributed by atoms with E-state index < -0.39 is 32.9 Å². The van der Waals surface area contributed by atoms with Crippen molar-refractivity contribution in [3.8, 4) is 0 Å². The third kappa shape index (κ3) is 3.34. The summed E-state index contributed by atoms with van der Waals surface area (Å²) in [4.78, 5) is 9.70. The van der Waals surface area contributed by atoms with Crippen molar-refractivity contribution in [2.45, 2.75) is 11.3 Å². The second-order valence-electron chi connectivity index (χ2n) is 3.04.